The molecule has 1 unspecified atom stereocenters. The molecule has 2 aromatic heterocycles. The third kappa shape index (κ3) is 3.01. The fourth-order valence-corrected chi connectivity index (χ4v) is 5.02. The lowest BCUT2D eigenvalue weighted by Crippen LogP contribution is -2.47. The highest BCUT2D eigenvalue weighted by Gasteiger charge is 2.41. The number of carbonyl (C=O) groups is 1. The van der Waals surface area contributed by atoms with Crippen LogP contribution in [0.1, 0.15) is 52.9 Å². The maximum absolute atomic E-state index is 12.0. The monoisotopic (exact) mass is 386 g/mol. The van der Waals surface area contributed by atoms with Crippen LogP contribution in [0.5, 0.6) is 0 Å². The van der Waals surface area contributed by atoms with Crippen molar-refractivity contribution < 1.29 is 4.79 Å². The van der Waals surface area contributed by atoms with Gasteiger partial charge in [-0.2, -0.15) is 5.26 Å². The minimum Gasteiger partial charge on any atom is -0.381 e. The molecule has 2 bridgehead atoms. The number of hydrogen-bond donors (Lipinski definition) is 2. The highest BCUT2D eigenvalue weighted by atomic mass is 16.1. The van der Waals surface area contributed by atoms with Crippen LogP contribution >= 0.6 is 0 Å². The molecule has 0 radical (unpaired) electrons. The Morgan fingerprint density at radius 2 is 2.00 bits per heavy atom. The molecule has 7 nitrogen and oxygen atoms in total. The van der Waals surface area contributed by atoms with Gasteiger partial charge in [-0.15, -0.1) is 0 Å². The zero-order chi connectivity index (χ0) is 20.0. The van der Waals surface area contributed by atoms with Crippen molar-refractivity contribution in [1.82, 2.24) is 9.97 Å². The first kappa shape index (κ1) is 17.7. The molecule has 2 aromatic rings. The highest BCUT2D eigenvalue weighted by molar-refractivity contribution is 6.00. The van der Waals surface area contributed by atoms with Crippen LogP contribution in [0.15, 0.2) is 30.6 Å². The van der Waals surface area contributed by atoms with Gasteiger partial charge in [-0.05, 0) is 37.8 Å². The Bertz CT molecular complexity index is 1020. The van der Waals surface area contributed by atoms with E-state index in [1.54, 1.807) is 12.4 Å². The number of nitrogens with zero attached hydrogens (tertiary/aromatic N) is 4. The Balaban J connectivity index is 1.39. The van der Waals surface area contributed by atoms with E-state index in [0.29, 0.717) is 23.2 Å². The smallest absolute Gasteiger partial charge is 0.252 e. The maximum Gasteiger partial charge on any atom is 0.252 e. The lowest BCUT2D eigenvalue weighted by molar-refractivity contribution is 0.100. The first-order chi connectivity index (χ1) is 14.1. The predicted molar refractivity (Wildman–Crippen MR) is 110 cm³/mol. The first-order valence-electron chi connectivity index (χ1n) is 10.0. The van der Waals surface area contributed by atoms with Crippen molar-refractivity contribution in [3.63, 3.8) is 0 Å². The van der Waals surface area contributed by atoms with Crippen molar-refractivity contribution in [2.45, 2.75) is 50.2 Å². The standard InChI is InChI=1S/C22H22N6O/c23-10-13-4-7-20(26-11-13)28-15-5-6-16(28)9-14(8-15)27-21-17-2-1-3-19(17)25-12-18(21)22(24)29/h1-2,4,7,11-12,14-16H,3,5-6,8-9H2,(H2,24,29)(H,25,27)/t14?,15-,16+. The SMILES string of the molecule is N#Cc1ccc(N2[C@@H]3CC[C@H]2CC(Nc2c(C(N)=O)cnc4c2C=CC4)C3)nc1. The molecule has 3 N–H and O–H groups in total. The average Bonchev–Trinajstić information content (AvgIpc) is 3.31. The van der Waals surface area contributed by atoms with Crippen molar-refractivity contribution in [2.24, 2.45) is 5.73 Å². The number of nitriles is 1. The normalized spacial score (nSPS) is 24.2. The van der Waals surface area contributed by atoms with E-state index in [9.17, 15) is 4.79 Å². The Morgan fingerprint density at radius 3 is 2.66 bits per heavy atom. The van der Waals surface area contributed by atoms with Gasteiger partial charge >= 0.3 is 0 Å². The Morgan fingerprint density at radius 1 is 1.21 bits per heavy atom. The van der Waals surface area contributed by atoms with E-state index in [4.69, 9.17) is 11.0 Å². The molecule has 2 saturated heterocycles. The van der Waals surface area contributed by atoms with E-state index >= 15 is 0 Å². The third-order valence-electron chi connectivity index (χ3n) is 6.28. The fraction of sp³-hybridized carbons (Fsp3) is 0.364. The zero-order valence-electron chi connectivity index (χ0n) is 16.0. The summed E-state index contributed by atoms with van der Waals surface area (Å²) in [5.41, 5.74) is 9.46. The van der Waals surface area contributed by atoms with Gasteiger partial charge in [-0.1, -0.05) is 12.2 Å². The summed E-state index contributed by atoms with van der Waals surface area (Å²) in [6.07, 6.45) is 12.3. The van der Waals surface area contributed by atoms with Gasteiger partial charge in [0.05, 0.1) is 22.5 Å². The zero-order valence-corrected chi connectivity index (χ0v) is 16.0. The lowest BCUT2D eigenvalue weighted by atomic mass is 9.96. The second-order valence-corrected chi connectivity index (χ2v) is 8.00. The summed E-state index contributed by atoms with van der Waals surface area (Å²) in [7, 11) is 0. The van der Waals surface area contributed by atoms with E-state index in [1.165, 1.54) is 0 Å². The number of carbonyl (C=O) groups excluding carboxylic acids is 1. The largest absolute Gasteiger partial charge is 0.381 e. The summed E-state index contributed by atoms with van der Waals surface area (Å²) in [5.74, 6) is 0.491. The quantitative estimate of drug-likeness (QED) is 0.836. The first-order valence-corrected chi connectivity index (χ1v) is 10.0. The number of aromatic nitrogens is 2. The molecule has 0 saturated carbocycles. The number of anilines is 2. The van der Waals surface area contributed by atoms with Crippen molar-refractivity contribution in [3.05, 3.63) is 53.0 Å². The molecular weight excluding hydrogens is 364 g/mol. The summed E-state index contributed by atoms with van der Waals surface area (Å²) < 4.78 is 0. The summed E-state index contributed by atoms with van der Waals surface area (Å²) in [6.45, 7) is 0. The van der Waals surface area contributed by atoms with Crippen LogP contribution in [0.2, 0.25) is 0 Å². The van der Waals surface area contributed by atoms with Crippen molar-refractivity contribution in [3.8, 4) is 6.07 Å². The second kappa shape index (κ2) is 6.89. The molecule has 146 valence electrons. The van der Waals surface area contributed by atoms with Gasteiger partial charge in [0.25, 0.3) is 5.91 Å². The molecule has 7 heteroatoms. The Hall–Kier alpha value is -3.40. The van der Waals surface area contributed by atoms with E-state index < -0.39 is 5.91 Å². The summed E-state index contributed by atoms with van der Waals surface area (Å²) in [4.78, 5) is 23.3. The fourth-order valence-electron chi connectivity index (χ4n) is 5.02. The average molecular weight is 386 g/mol. The summed E-state index contributed by atoms with van der Waals surface area (Å²) in [6, 6.07) is 6.96. The third-order valence-corrected chi connectivity index (χ3v) is 6.28. The number of nitrogens with two attached hydrogens (primary N) is 1. The highest BCUT2D eigenvalue weighted by Crippen LogP contribution is 2.40. The van der Waals surface area contributed by atoms with Gasteiger partial charge in [0.1, 0.15) is 11.9 Å². The minimum atomic E-state index is -0.453. The second-order valence-electron chi connectivity index (χ2n) is 8.00. The molecule has 1 amide bonds. The minimum absolute atomic E-state index is 0.265. The van der Waals surface area contributed by atoms with Crippen LogP contribution in [0.3, 0.4) is 0 Å². The molecule has 3 aliphatic rings. The van der Waals surface area contributed by atoms with Crippen LogP contribution < -0.4 is 16.0 Å². The van der Waals surface area contributed by atoms with Gasteiger partial charge in [0, 0.05) is 42.5 Å². The number of nitrogens with one attached hydrogen (secondary N) is 1. The number of hydrogen-bond acceptors (Lipinski definition) is 6. The van der Waals surface area contributed by atoms with Gasteiger partial charge in [0.2, 0.25) is 0 Å². The van der Waals surface area contributed by atoms with Crippen molar-refractivity contribution >= 4 is 23.5 Å². The number of rotatable bonds is 4. The van der Waals surface area contributed by atoms with Crippen molar-refractivity contribution in [1.29, 1.82) is 5.26 Å². The van der Waals surface area contributed by atoms with Crippen LogP contribution in [0.4, 0.5) is 11.5 Å². The number of primary amides is 1. The van der Waals surface area contributed by atoms with E-state index in [-0.39, 0.29) is 6.04 Å². The molecule has 2 fully saturated rings. The molecule has 29 heavy (non-hydrogen) atoms. The van der Waals surface area contributed by atoms with E-state index in [0.717, 1.165) is 54.9 Å². The Kier molecular flexibility index (Phi) is 4.20. The predicted octanol–water partition coefficient (Wildman–Crippen LogP) is 2.63. The molecule has 4 heterocycles. The molecule has 0 spiro atoms. The van der Waals surface area contributed by atoms with Crippen LogP contribution in [0, 0.1) is 11.3 Å². The number of allylic oxidation sites excluding steroid dienone is 1. The van der Waals surface area contributed by atoms with Gasteiger partial charge in [-0.3, -0.25) is 9.78 Å². The number of amides is 1. The Labute approximate surface area is 169 Å². The van der Waals surface area contributed by atoms with Crippen molar-refractivity contribution in [2.75, 3.05) is 10.2 Å². The lowest BCUT2D eigenvalue weighted by Gasteiger charge is -2.40. The van der Waals surface area contributed by atoms with E-state index in [2.05, 4.69) is 32.3 Å². The number of fused-ring (bicyclic) bond motifs is 3. The number of pyridine rings is 2. The molecule has 2 aliphatic heterocycles. The van der Waals surface area contributed by atoms with Gasteiger partial charge < -0.3 is 16.0 Å². The van der Waals surface area contributed by atoms with Gasteiger partial charge in [0.15, 0.2) is 0 Å². The topological polar surface area (TPSA) is 108 Å². The molecule has 3 atom stereocenters. The molecule has 1 aliphatic carbocycles. The van der Waals surface area contributed by atoms with Crippen LogP contribution in [-0.2, 0) is 6.42 Å². The van der Waals surface area contributed by atoms with Gasteiger partial charge in [-0.25, -0.2) is 4.98 Å². The molecule has 0 aromatic carbocycles. The number of piperidine rings is 1. The summed E-state index contributed by atoms with van der Waals surface area (Å²) >= 11 is 0. The maximum atomic E-state index is 12.0. The van der Waals surface area contributed by atoms with E-state index in [1.807, 2.05) is 18.2 Å². The summed E-state index contributed by atoms with van der Waals surface area (Å²) in [5, 5.41) is 12.6. The molecular formula is C22H22N6O. The van der Waals surface area contributed by atoms with Crippen LogP contribution in [-0.4, -0.2) is 34.0 Å². The molecule has 5 rings (SSSR count). The van der Waals surface area contributed by atoms with Crippen LogP contribution in [0.25, 0.3) is 6.08 Å².